The maximum Gasteiger partial charge on any atom is 0.119 e. The first-order chi connectivity index (χ1) is 14.7. The van der Waals surface area contributed by atoms with Gasteiger partial charge in [0.15, 0.2) is 0 Å². The molecule has 1 fully saturated rings. The molecular weight excluding hydrogens is 444 g/mol. The molecule has 0 amide bonds. The molecule has 1 saturated carbocycles. The fourth-order valence-electron chi connectivity index (χ4n) is 3.87. The van der Waals surface area contributed by atoms with E-state index in [2.05, 4.69) is 50.5 Å². The molecule has 0 bridgehead atoms. The number of hydrogen-bond donors (Lipinski definition) is 1. The number of aromatic nitrogens is 1. The number of anilines is 1. The molecule has 30 heavy (non-hydrogen) atoms. The molecule has 0 saturated heterocycles. The van der Waals surface area contributed by atoms with Gasteiger partial charge in [-0.1, -0.05) is 12.1 Å². The predicted octanol–water partition coefficient (Wildman–Crippen LogP) is 5.72. The largest absolute Gasteiger partial charge is 0.491 e. The lowest BCUT2D eigenvalue weighted by Gasteiger charge is -2.30. The lowest BCUT2D eigenvalue weighted by Crippen LogP contribution is -2.25. The van der Waals surface area contributed by atoms with Gasteiger partial charge in [-0.2, -0.15) is 0 Å². The number of aryl methyl sites for hydroxylation is 1. The van der Waals surface area contributed by atoms with Crippen molar-refractivity contribution < 1.29 is 14.2 Å². The molecule has 0 radical (unpaired) electrons. The van der Waals surface area contributed by atoms with Crippen molar-refractivity contribution in [1.82, 2.24) is 4.98 Å². The molecule has 3 rings (SSSR count). The minimum absolute atomic E-state index is 0.518. The van der Waals surface area contributed by atoms with Crippen molar-refractivity contribution in [1.29, 1.82) is 0 Å². The Hall–Kier alpha value is -1.63. The SMILES string of the molecule is CCOCCOCCOc1ccc(C2CCC(Nc3ccnc(C)c3Br)CC2)cc1. The van der Waals surface area contributed by atoms with Crippen LogP contribution in [0.5, 0.6) is 5.75 Å². The van der Waals surface area contributed by atoms with Crippen LogP contribution in [-0.4, -0.2) is 44.1 Å². The van der Waals surface area contributed by atoms with Crippen LogP contribution in [0.25, 0.3) is 0 Å². The van der Waals surface area contributed by atoms with E-state index < -0.39 is 0 Å². The van der Waals surface area contributed by atoms with Gasteiger partial charge in [0.25, 0.3) is 0 Å². The van der Waals surface area contributed by atoms with Gasteiger partial charge < -0.3 is 19.5 Å². The lowest BCUT2D eigenvalue weighted by atomic mass is 9.81. The molecule has 1 aliphatic carbocycles. The van der Waals surface area contributed by atoms with Gasteiger partial charge in [0.2, 0.25) is 0 Å². The molecule has 0 spiro atoms. The molecule has 0 aliphatic heterocycles. The summed E-state index contributed by atoms with van der Waals surface area (Å²) in [7, 11) is 0. The van der Waals surface area contributed by atoms with Crippen molar-refractivity contribution in [3.63, 3.8) is 0 Å². The van der Waals surface area contributed by atoms with Gasteiger partial charge in [0.1, 0.15) is 12.4 Å². The smallest absolute Gasteiger partial charge is 0.119 e. The predicted molar refractivity (Wildman–Crippen MR) is 125 cm³/mol. The van der Waals surface area contributed by atoms with Crippen LogP contribution in [0.15, 0.2) is 41.0 Å². The summed E-state index contributed by atoms with van der Waals surface area (Å²) in [6, 6.07) is 11.2. The van der Waals surface area contributed by atoms with Gasteiger partial charge in [0.05, 0.1) is 35.7 Å². The number of pyridine rings is 1. The van der Waals surface area contributed by atoms with Gasteiger partial charge in [0, 0.05) is 18.8 Å². The van der Waals surface area contributed by atoms with E-state index in [1.54, 1.807) is 0 Å². The van der Waals surface area contributed by atoms with Crippen molar-refractivity contribution in [2.24, 2.45) is 0 Å². The molecule has 1 N–H and O–H groups in total. The summed E-state index contributed by atoms with van der Waals surface area (Å²) < 4.78 is 17.6. The minimum atomic E-state index is 0.518. The highest BCUT2D eigenvalue weighted by Gasteiger charge is 2.23. The molecule has 0 atom stereocenters. The summed E-state index contributed by atoms with van der Waals surface area (Å²) in [5, 5.41) is 3.69. The molecule has 2 aromatic rings. The Bertz CT molecular complexity index is 762. The topological polar surface area (TPSA) is 52.6 Å². The van der Waals surface area contributed by atoms with Crippen molar-refractivity contribution in [2.45, 2.75) is 51.5 Å². The van der Waals surface area contributed by atoms with Gasteiger partial charge in [-0.25, -0.2) is 0 Å². The van der Waals surface area contributed by atoms with Gasteiger partial charge in [-0.05, 0) is 85.1 Å². The molecule has 164 valence electrons. The summed E-state index contributed by atoms with van der Waals surface area (Å²) >= 11 is 3.65. The molecular formula is C24H33BrN2O3. The molecule has 0 unspecified atom stereocenters. The standard InChI is InChI=1S/C24H33BrN2O3/c1-3-28-14-15-29-16-17-30-22-10-6-20(7-11-22)19-4-8-21(9-5-19)27-23-12-13-26-18(2)24(23)25/h6-7,10-13,19,21H,3-5,8-9,14-17H2,1-2H3,(H,26,27). The maximum atomic E-state index is 5.77. The van der Waals surface area contributed by atoms with Crippen LogP contribution >= 0.6 is 15.9 Å². The van der Waals surface area contributed by atoms with E-state index in [9.17, 15) is 0 Å². The molecule has 1 heterocycles. The van der Waals surface area contributed by atoms with Gasteiger partial charge in [-0.15, -0.1) is 0 Å². The molecule has 1 aromatic heterocycles. The molecule has 1 aliphatic rings. The Kier molecular flexibility index (Phi) is 9.43. The summed E-state index contributed by atoms with van der Waals surface area (Å²) in [6.07, 6.45) is 6.62. The van der Waals surface area contributed by atoms with E-state index in [0.29, 0.717) is 38.4 Å². The second kappa shape index (κ2) is 12.3. The molecule has 1 aromatic carbocycles. The summed E-state index contributed by atoms with van der Waals surface area (Å²) in [6.45, 7) is 7.14. The first kappa shape index (κ1) is 23.0. The highest BCUT2D eigenvalue weighted by atomic mass is 79.9. The Morgan fingerprint density at radius 3 is 2.40 bits per heavy atom. The number of benzene rings is 1. The first-order valence-electron chi connectivity index (χ1n) is 10.9. The molecule has 6 heteroatoms. The van der Waals surface area contributed by atoms with E-state index in [1.807, 2.05) is 26.1 Å². The van der Waals surface area contributed by atoms with Crippen molar-refractivity contribution >= 4 is 21.6 Å². The third kappa shape index (κ3) is 6.96. The minimum Gasteiger partial charge on any atom is -0.491 e. The van der Waals surface area contributed by atoms with Crippen LogP contribution in [0.1, 0.15) is 49.8 Å². The number of halogens is 1. The highest BCUT2D eigenvalue weighted by molar-refractivity contribution is 9.10. The van der Waals surface area contributed by atoms with Crippen LogP contribution < -0.4 is 10.1 Å². The summed E-state index contributed by atoms with van der Waals surface area (Å²) in [5.74, 6) is 1.53. The van der Waals surface area contributed by atoms with Crippen LogP contribution in [0, 0.1) is 6.92 Å². The van der Waals surface area contributed by atoms with E-state index >= 15 is 0 Å². The van der Waals surface area contributed by atoms with E-state index in [1.165, 1.54) is 31.2 Å². The Morgan fingerprint density at radius 2 is 1.67 bits per heavy atom. The lowest BCUT2D eigenvalue weighted by molar-refractivity contribution is 0.0405. The first-order valence-corrected chi connectivity index (χ1v) is 11.7. The van der Waals surface area contributed by atoms with Crippen LogP contribution in [-0.2, 0) is 9.47 Å². The number of nitrogens with zero attached hydrogens (tertiary/aromatic N) is 1. The number of ether oxygens (including phenoxy) is 3. The Labute approximate surface area is 188 Å². The zero-order valence-electron chi connectivity index (χ0n) is 18.0. The monoisotopic (exact) mass is 476 g/mol. The second-order valence-corrected chi connectivity index (χ2v) is 8.47. The maximum absolute atomic E-state index is 5.77. The zero-order valence-corrected chi connectivity index (χ0v) is 19.6. The fourth-order valence-corrected chi connectivity index (χ4v) is 4.22. The van der Waals surface area contributed by atoms with Crippen molar-refractivity contribution in [3.05, 3.63) is 52.3 Å². The number of hydrogen-bond acceptors (Lipinski definition) is 5. The van der Waals surface area contributed by atoms with Crippen LogP contribution in [0.4, 0.5) is 5.69 Å². The fraction of sp³-hybridized carbons (Fsp3) is 0.542. The van der Waals surface area contributed by atoms with Crippen LogP contribution in [0.2, 0.25) is 0 Å². The van der Waals surface area contributed by atoms with E-state index in [4.69, 9.17) is 14.2 Å². The third-order valence-corrected chi connectivity index (χ3v) is 6.58. The Morgan fingerprint density at radius 1 is 0.967 bits per heavy atom. The normalized spacial score (nSPS) is 18.9. The zero-order chi connectivity index (χ0) is 21.2. The van der Waals surface area contributed by atoms with E-state index in [0.717, 1.165) is 28.2 Å². The van der Waals surface area contributed by atoms with Crippen molar-refractivity contribution in [3.8, 4) is 5.75 Å². The second-order valence-electron chi connectivity index (χ2n) is 7.68. The van der Waals surface area contributed by atoms with Crippen LogP contribution in [0.3, 0.4) is 0 Å². The number of nitrogens with one attached hydrogen (secondary N) is 1. The van der Waals surface area contributed by atoms with E-state index in [-0.39, 0.29) is 0 Å². The van der Waals surface area contributed by atoms with Crippen molar-refractivity contribution in [2.75, 3.05) is 38.4 Å². The van der Waals surface area contributed by atoms with Gasteiger partial charge >= 0.3 is 0 Å². The average molecular weight is 477 g/mol. The quantitative estimate of drug-likeness (QED) is 0.420. The highest BCUT2D eigenvalue weighted by Crippen LogP contribution is 2.35. The Balaban J connectivity index is 1.38. The number of rotatable bonds is 11. The molecule has 5 nitrogen and oxygen atoms in total. The third-order valence-electron chi connectivity index (χ3n) is 5.57. The summed E-state index contributed by atoms with van der Waals surface area (Å²) in [5.41, 5.74) is 3.58. The average Bonchev–Trinajstić information content (AvgIpc) is 2.77. The summed E-state index contributed by atoms with van der Waals surface area (Å²) in [4.78, 5) is 4.32. The van der Waals surface area contributed by atoms with Gasteiger partial charge in [-0.3, -0.25) is 4.98 Å².